The van der Waals surface area contributed by atoms with Crippen LogP contribution >= 0.6 is 11.6 Å². The molecule has 0 saturated carbocycles. The second-order valence-electron chi connectivity index (χ2n) is 4.04. The van der Waals surface area contributed by atoms with Gasteiger partial charge in [0.25, 0.3) is 0 Å². The number of ether oxygens (including phenoxy) is 1. The summed E-state index contributed by atoms with van der Waals surface area (Å²) in [6.07, 6.45) is 3.29. The van der Waals surface area contributed by atoms with Crippen molar-refractivity contribution in [2.75, 3.05) is 11.9 Å². The van der Waals surface area contributed by atoms with Crippen molar-refractivity contribution in [1.29, 1.82) is 0 Å². The van der Waals surface area contributed by atoms with Gasteiger partial charge in [-0.15, -0.1) is 0 Å². The third kappa shape index (κ3) is 4.08. The fraction of sp³-hybridized carbons (Fsp3) is 0.231. The zero-order valence-electron chi connectivity index (χ0n) is 10.5. The number of carbonyl (C=O) groups is 1. The van der Waals surface area contributed by atoms with Gasteiger partial charge in [0.2, 0.25) is 5.91 Å². The minimum Gasteiger partial charge on any atom is -0.367 e. The second kappa shape index (κ2) is 6.36. The van der Waals surface area contributed by atoms with E-state index < -0.39 is 0 Å². The van der Waals surface area contributed by atoms with Crippen molar-refractivity contribution in [2.24, 2.45) is 7.05 Å². The van der Waals surface area contributed by atoms with Gasteiger partial charge >= 0.3 is 0 Å². The molecular weight excluding hydrogens is 266 g/mol. The second-order valence-corrected chi connectivity index (χ2v) is 4.44. The summed E-state index contributed by atoms with van der Waals surface area (Å²) in [4.78, 5) is 11.6. The minimum absolute atomic E-state index is 0.0277. The van der Waals surface area contributed by atoms with Crippen LogP contribution in [0.25, 0.3) is 0 Å². The summed E-state index contributed by atoms with van der Waals surface area (Å²) in [7, 11) is 1.78. The van der Waals surface area contributed by atoms with Crippen molar-refractivity contribution < 1.29 is 9.53 Å². The van der Waals surface area contributed by atoms with Crippen molar-refractivity contribution >= 4 is 23.2 Å². The molecule has 0 aliphatic rings. The van der Waals surface area contributed by atoms with Gasteiger partial charge in [-0.2, -0.15) is 5.10 Å². The molecule has 0 bridgehead atoms. The van der Waals surface area contributed by atoms with Crippen molar-refractivity contribution in [3.63, 3.8) is 0 Å². The van der Waals surface area contributed by atoms with Crippen LogP contribution in [0.2, 0.25) is 5.02 Å². The maximum Gasteiger partial charge on any atom is 0.250 e. The first-order chi connectivity index (χ1) is 9.15. The Morgan fingerprint density at radius 2 is 2.26 bits per heavy atom. The molecule has 6 heteroatoms. The quantitative estimate of drug-likeness (QED) is 0.913. The maximum absolute atomic E-state index is 11.6. The third-order valence-electron chi connectivity index (χ3n) is 2.44. The fourth-order valence-electron chi connectivity index (χ4n) is 1.55. The van der Waals surface area contributed by atoms with Gasteiger partial charge in [-0.1, -0.05) is 29.8 Å². The minimum atomic E-state index is -0.222. The van der Waals surface area contributed by atoms with E-state index in [0.29, 0.717) is 17.3 Å². The molecule has 19 heavy (non-hydrogen) atoms. The molecule has 0 aliphatic carbocycles. The highest BCUT2D eigenvalue weighted by molar-refractivity contribution is 6.31. The van der Waals surface area contributed by atoms with Crippen LogP contribution in [0, 0.1) is 0 Å². The van der Waals surface area contributed by atoms with Crippen LogP contribution in [0.3, 0.4) is 0 Å². The molecule has 0 fully saturated rings. The molecule has 5 nitrogen and oxygen atoms in total. The number of nitrogens with zero attached hydrogens (tertiary/aromatic N) is 2. The Kier molecular flexibility index (Phi) is 4.54. The number of hydrogen-bond acceptors (Lipinski definition) is 3. The van der Waals surface area contributed by atoms with Gasteiger partial charge in [0, 0.05) is 18.3 Å². The summed E-state index contributed by atoms with van der Waals surface area (Å²) in [5.41, 5.74) is 1.51. The number of rotatable bonds is 5. The number of aryl methyl sites for hydroxylation is 1. The molecule has 1 heterocycles. The Bertz CT molecular complexity index is 569. The topological polar surface area (TPSA) is 56.2 Å². The van der Waals surface area contributed by atoms with Gasteiger partial charge in [-0.25, -0.2) is 0 Å². The van der Waals surface area contributed by atoms with Gasteiger partial charge < -0.3 is 10.1 Å². The largest absolute Gasteiger partial charge is 0.367 e. The molecule has 0 aliphatic heterocycles. The first-order valence-corrected chi connectivity index (χ1v) is 6.12. The van der Waals surface area contributed by atoms with Gasteiger partial charge in [0.05, 0.1) is 18.5 Å². The number of amides is 1. The molecular formula is C13H14ClN3O2. The van der Waals surface area contributed by atoms with Crippen LogP contribution in [0.1, 0.15) is 5.56 Å². The Labute approximate surface area is 116 Å². The summed E-state index contributed by atoms with van der Waals surface area (Å²) < 4.78 is 6.93. The highest BCUT2D eigenvalue weighted by Crippen LogP contribution is 2.15. The molecule has 1 N–H and O–H groups in total. The smallest absolute Gasteiger partial charge is 0.250 e. The fourth-order valence-corrected chi connectivity index (χ4v) is 1.74. The molecule has 2 rings (SSSR count). The van der Waals surface area contributed by atoms with E-state index in [0.717, 1.165) is 5.56 Å². The lowest BCUT2D eigenvalue weighted by Gasteiger charge is -2.06. The highest BCUT2D eigenvalue weighted by atomic mass is 35.5. The molecule has 1 amide bonds. The van der Waals surface area contributed by atoms with E-state index in [2.05, 4.69) is 10.4 Å². The molecule has 0 atom stereocenters. The predicted molar refractivity (Wildman–Crippen MR) is 72.9 cm³/mol. The number of nitrogens with one attached hydrogen (secondary N) is 1. The Hall–Kier alpha value is -1.85. The zero-order valence-corrected chi connectivity index (χ0v) is 11.2. The average molecular weight is 280 g/mol. The van der Waals surface area contributed by atoms with E-state index in [1.165, 1.54) is 0 Å². The van der Waals surface area contributed by atoms with Crippen LogP contribution in [0.4, 0.5) is 5.69 Å². The predicted octanol–water partition coefficient (Wildman–Crippen LogP) is 2.23. The number of benzene rings is 1. The molecule has 0 radical (unpaired) electrons. The van der Waals surface area contributed by atoms with Gasteiger partial charge in [0.15, 0.2) is 0 Å². The van der Waals surface area contributed by atoms with Crippen molar-refractivity contribution in [2.45, 2.75) is 6.61 Å². The van der Waals surface area contributed by atoms with E-state index in [1.54, 1.807) is 30.2 Å². The van der Waals surface area contributed by atoms with Gasteiger partial charge in [0.1, 0.15) is 6.61 Å². The SMILES string of the molecule is Cn1cc(NC(=O)COCc2ccccc2Cl)cn1. The lowest BCUT2D eigenvalue weighted by Crippen LogP contribution is -2.17. The maximum atomic E-state index is 11.6. The van der Waals surface area contributed by atoms with Crippen molar-refractivity contribution in [1.82, 2.24) is 9.78 Å². The van der Waals surface area contributed by atoms with Crippen LogP contribution in [0.15, 0.2) is 36.7 Å². The summed E-state index contributed by atoms with van der Waals surface area (Å²) >= 11 is 5.98. The van der Waals surface area contributed by atoms with Crippen LogP contribution in [0.5, 0.6) is 0 Å². The number of halogens is 1. The zero-order chi connectivity index (χ0) is 13.7. The molecule has 1 aromatic carbocycles. The molecule has 2 aromatic rings. The van der Waals surface area contributed by atoms with Crippen LogP contribution < -0.4 is 5.32 Å². The molecule has 100 valence electrons. The van der Waals surface area contributed by atoms with Crippen molar-refractivity contribution in [3.05, 3.63) is 47.2 Å². The average Bonchev–Trinajstić information content (AvgIpc) is 2.77. The lowest BCUT2D eigenvalue weighted by atomic mass is 10.2. The summed E-state index contributed by atoms with van der Waals surface area (Å²) in [5.74, 6) is -0.222. The molecule has 1 aromatic heterocycles. The number of carbonyl (C=O) groups excluding carboxylic acids is 1. The van der Waals surface area contributed by atoms with E-state index in [1.807, 2.05) is 18.2 Å². The molecule has 0 saturated heterocycles. The summed E-state index contributed by atoms with van der Waals surface area (Å²) in [6.45, 7) is 0.278. The number of anilines is 1. The first-order valence-electron chi connectivity index (χ1n) is 5.75. The van der Waals surface area contributed by atoms with Crippen molar-refractivity contribution in [3.8, 4) is 0 Å². The van der Waals surface area contributed by atoms with Gasteiger partial charge in [-0.05, 0) is 11.6 Å². The van der Waals surface area contributed by atoms with E-state index in [-0.39, 0.29) is 12.5 Å². The summed E-state index contributed by atoms with van der Waals surface area (Å²) in [5, 5.41) is 7.27. The molecule has 0 unspecified atom stereocenters. The number of aromatic nitrogens is 2. The number of hydrogen-bond donors (Lipinski definition) is 1. The molecule has 0 spiro atoms. The van der Waals surface area contributed by atoms with Crippen LogP contribution in [-0.2, 0) is 23.2 Å². The van der Waals surface area contributed by atoms with E-state index in [9.17, 15) is 4.79 Å². The Morgan fingerprint density at radius 3 is 2.95 bits per heavy atom. The Balaban J connectivity index is 1.77. The monoisotopic (exact) mass is 279 g/mol. The lowest BCUT2D eigenvalue weighted by molar-refractivity contribution is -0.121. The summed E-state index contributed by atoms with van der Waals surface area (Å²) in [6, 6.07) is 7.37. The highest BCUT2D eigenvalue weighted by Gasteiger charge is 2.05. The van der Waals surface area contributed by atoms with Gasteiger partial charge in [-0.3, -0.25) is 9.48 Å². The third-order valence-corrected chi connectivity index (χ3v) is 2.81. The Morgan fingerprint density at radius 1 is 1.47 bits per heavy atom. The normalized spacial score (nSPS) is 10.4. The van der Waals surface area contributed by atoms with E-state index in [4.69, 9.17) is 16.3 Å². The van der Waals surface area contributed by atoms with Crippen LogP contribution in [-0.4, -0.2) is 22.3 Å². The standard InChI is InChI=1S/C13H14ClN3O2/c1-17-7-11(6-15-17)16-13(18)9-19-8-10-4-2-3-5-12(10)14/h2-7H,8-9H2,1H3,(H,16,18). The first kappa shape index (κ1) is 13.6. The van der Waals surface area contributed by atoms with E-state index >= 15 is 0 Å².